The fourth-order valence-electron chi connectivity index (χ4n) is 4.18. The number of likely N-dealkylation sites (tertiary alicyclic amines) is 2. The molecular formula is C22H36N4O. The van der Waals surface area contributed by atoms with E-state index < -0.39 is 0 Å². The number of aliphatic imine (C=N–C) groups is 1. The Hall–Kier alpha value is -1.75. The Labute approximate surface area is 164 Å². The molecule has 1 N–H and O–H groups in total. The number of benzene rings is 1. The van der Waals surface area contributed by atoms with E-state index in [9.17, 15) is 0 Å². The Morgan fingerprint density at radius 2 is 1.89 bits per heavy atom. The third kappa shape index (κ3) is 6.13. The average molecular weight is 373 g/mol. The monoisotopic (exact) mass is 372 g/mol. The van der Waals surface area contributed by atoms with Crippen molar-refractivity contribution in [1.82, 2.24) is 15.1 Å². The molecule has 0 saturated carbocycles. The smallest absolute Gasteiger partial charge is 0.193 e. The van der Waals surface area contributed by atoms with Crippen LogP contribution in [0.2, 0.25) is 0 Å². The summed E-state index contributed by atoms with van der Waals surface area (Å²) < 4.78 is 6.10. The number of piperidine rings is 2. The van der Waals surface area contributed by atoms with E-state index in [1.807, 2.05) is 37.4 Å². The molecule has 1 aromatic rings. The van der Waals surface area contributed by atoms with Crippen LogP contribution in [0, 0.1) is 0 Å². The van der Waals surface area contributed by atoms with Crippen LogP contribution in [0.25, 0.3) is 0 Å². The van der Waals surface area contributed by atoms with Gasteiger partial charge >= 0.3 is 0 Å². The Balaban J connectivity index is 1.35. The molecule has 1 unspecified atom stereocenters. The van der Waals surface area contributed by atoms with E-state index in [0.29, 0.717) is 6.10 Å². The minimum atomic E-state index is 0.308. The van der Waals surface area contributed by atoms with E-state index in [0.717, 1.165) is 50.2 Å². The third-order valence-corrected chi connectivity index (χ3v) is 5.85. The number of hydrogen-bond acceptors (Lipinski definition) is 3. The number of guanidine groups is 1. The second kappa shape index (κ2) is 10.5. The summed E-state index contributed by atoms with van der Waals surface area (Å²) in [6.07, 6.45) is 7.68. The second-order valence-corrected chi connectivity index (χ2v) is 7.83. The lowest BCUT2D eigenvalue weighted by atomic mass is 10.0. The van der Waals surface area contributed by atoms with Crippen molar-refractivity contribution in [2.75, 3.05) is 39.8 Å². The summed E-state index contributed by atoms with van der Waals surface area (Å²) in [7, 11) is 1.89. The fourth-order valence-corrected chi connectivity index (χ4v) is 4.18. The van der Waals surface area contributed by atoms with Crippen LogP contribution in [0.15, 0.2) is 35.3 Å². The van der Waals surface area contributed by atoms with Crippen molar-refractivity contribution in [3.05, 3.63) is 30.3 Å². The van der Waals surface area contributed by atoms with Crippen LogP contribution >= 0.6 is 0 Å². The van der Waals surface area contributed by atoms with Gasteiger partial charge in [0.15, 0.2) is 5.96 Å². The first-order valence-corrected chi connectivity index (χ1v) is 10.7. The number of nitrogens with one attached hydrogen (secondary N) is 1. The second-order valence-electron chi connectivity index (χ2n) is 7.83. The molecule has 0 radical (unpaired) electrons. The van der Waals surface area contributed by atoms with Gasteiger partial charge in [0.1, 0.15) is 11.9 Å². The SMILES string of the molecule is CN=C(NCCCN1CCCCC1C)N1CCC(Oc2ccccc2)CC1. The van der Waals surface area contributed by atoms with Gasteiger partial charge in [0, 0.05) is 52.1 Å². The highest BCUT2D eigenvalue weighted by Crippen LogP contribution is 2.19. The van der Waals surface area contributed by atoms with Gasteiger partial charge in [-0.05, 0) is 44.9 Å². The van der Waals surface area contributed by atoms with Gasteiger partial charge in [0.25, 0.3) is 0 Å². The number of hydrogen-bond donors (Lipinski definition) is 1. The molecule has 1 aromatic carbocycles. The summed E-state index contributed by atoms with van der Waals surface area (Å²) in [6, 6.07) is 10.9. The minimum absolute atomic E-state index is 0.308. The Bertz CT molecular complexity index is 569. The first-order valence-electron chi connectivity index (χ1n) is 10.7. The first-order chi connectivity index (χ1) is 13.3. The topological polar surface area (TPSA) is 40.1 Å². The largest absolute Gasteiger partial charge is 0.490 e. The molecule has 1 atom stereocenters. The highest BCUT2D eigenvalue weighted by atomic mass is 16.5. The lowest BCUT2D eigenvalue weighted by Crippen LogP contribution is -2.48. The standard InChI is InChI=1S/C22H36N4O/c1-19-9-6-7-15-25(19)16-8-14-24-22(23-2)26-17-12-21(13-18-26)27-20-10-4-3-5-11-20/h3-5,10-11,19,21H,6-9,12-18H2,1-2H3,(H,23,24). The zero-order valence-corrected chi connectivity index (χ0v) is 17.1. The molecular weight excluding hydrogens is 336 g/mol. The van der Waals surface area contributed by atoms with Crippen LogP contribution in [0.4, 0.5) is 0 Å². The Kier molecular flexibility index (Phi) is 7.81. The molecule has 0 aliphatic carbocycles. The van der Waals surface area contributed by atoms with Gasteiger partial charge in [0.05, 0.1) is 0 Å². The van der Waals surface area contributed by atoms with Gasteiger partial charge in [-0.15, -0.1) is 0 Å². The number of nitrogens with zero attached hydrogens (tertiary/aromatic N) is 3. The molecule has 0 amide bonds. The van der Waals surface area contributed by atoms with Gasteiger partial charge < -0.3 is 19.9 Å². The average Bonchev–Trinajstić information content (AvgIpc) is 2.71. The van der Waals surface area contributed by atoms with Crippen LogP contribution < -0.4 is 10.1 Å². The maximum Gasteiger partial charge on any atom is 0.193 e. The Morgan fingerprint density at radius 3 is 2.59 bits per heavy atom. The summed E-state index contributed by atoms with van der Waals surface area (Å²) in [6.45, 7) is 7.83. The minimum Gasteiger partial charge on any atom is -0.490 e. The molecule has 0 aromatic heterocycles. The van der Waals surface area contributed by atoms with Gasteiger partial charge in [-0.1, -0.05) is 24.6 Å². The summed E-state index contributed by atoms with van der Waals surface area (Å²) in [5.41, 5.74) is 0. The molecule has 5 nitrogen and oxygen atoms in total. The predicted octanol–water partition coefficient (Wildman–Crippen LogP) is 3.37. The molecule has 2 aliphatic rings. The van der Waals surface area contributed by atoms with Gasteiger partial charge in [-0.25, -0.2) is 0 Å². The maximum atomic E-state index is 6.10. The lowest BCUT2D eigenvalue weighted by Gasteiger charge is -2.35. The predicted molar refractivity (Wildman–Crippen MR) is 113 cm³/mol. The lowest BCUT2D eigenvalue weighted by molar-refractivity contribution is 0.129. The summed E-state index contributed by atoms with van der Waals surface area (Å²) >= 11 is 0. The molecule has 27 heavy (non-hydrogen) atoms. The van der Waals surface area contributed by atoms with E-state index in [1.54, 1.807) is 0 Å². The van der Waals surface area contributed by atoms with Crippen LogP contribution in [0.5, 0.6) is 5.75 Å². The summed E-state index contributed by atoms with van der Waals surface area (Å²) in [4.78, 5) is 9.51. The molecule has 5 heteroatoms. The van der Waals surface area contributed by atoms with Crippen molar-refractivity contribution in [1.29, 1.82) is 0 Å². The van der Waals surface area contributed by atoms with Gasteiger partial charge in [-0.3, -0.25) is 4.99 Å². The summed E-state index contributed by atoms with van der Waals surface area (Å²) in [5.74, 6) is 2.02. The van der Waals surface area contributed by atoms with Crippen molar-refractivity contribution < 1.29 is 4.74 Å². The first kappa shape index (κ1) is 20.0. The zero-order valence-electron chi connectivity index (χ0n) is 17.1. The van der Waals surface area contributed by atoms with Crippen molar-refractivity contribution in [3.8, 4) is 5.75 Å². The van der Waals surface area contributed by atoms with Crippen molar-refractivity contribution in [2.24, 2.45) is 4.99 Å². The molecule has 2 saturated heterocycles. The molecule has 150 valence electrons. The van der Waals surface area contributed by atoms with Crippen LogP contribution in [0.1, 0.15) is 45.4 Å². The number of rotatable bonds is 6. The van der Waals surface area contributed by atoms with Crippen LogP contribution in [-0.2, 0) is 0 Å². The molecule has 0 bridgehead atoms. The molecule has 2 aliphatic heterocycles. The van der Waals surface area contributed by atoms with Gasteiger partial charge in [-0.2, -0.15) is 0 Å². The number of para-hydroxylation sites is 1. The fraction of sp³-hybridized carbons (Fsp3) is 0.682. The molecule has 3 rings (SSSR count). The molecule has 0 spiro atoms. The quantitative estimate of drug-likeness (QED) is 0.472. The van der Waals surface area contributed by atoms with Crippen molar-refractivity contribution in [3.63, 3.8) is 0 Å². The van der Waals surface area contributed by atoms with E-state index in [-0.39, 0.29) is 0 Å². The van der Waals surface area contributed by atoms with E-state index in [4.69, 9.17) is 4.74 Å². The van der Waals surface area contributed by atoms with Gasteiger partial charge in [0.2, 0.25) is 0 Å². The Morgan fingerprint density at radius 1 is 1.11 bits per heavy atom. The maximum absolute atomic E-state index is 6.10. The van der Waals surface area contributed by atoms with Crippen molar-refractivity contribution >= 4 is 5.96 Å². The summed E-state index contributed by atoms with van der Waals surface area (Å²) in [5, 5.41) is 3.57. The number of ether oxygens (including phenoxy) is 1. The molecule has 2 fully saturated rings. The van der Waals surface area contributed by atoms with Crippen LogP contribution in [0.3, 0.4) is 0 Å². The van der Waals surface area contributed by atoms with E-state index >= 15 is 0 Å². The third-order valence-electron chi connectivity index (χ3n) is 5.85. The van der Waals surface area contributed by atoms with E-state index in [2.05, 4.69) is 27.0 Å². The van der Waals surface area contributed by atoms with Crippen molar-refractivity contribution in [2.45, 2.75) is 57.6 Å². The van der Waals surface area contributed by atoms with Crippen LogP contribution in [-0.4, -0.2) is 67.7 Å². The highest BCUT2D eigenvalue weighted by Gasteiger charge is 2.23. The van der Waals surface area contributed by atoms with E-state index in [1.165, 1.54) is 38.8 Å². The highest BCUT2D eigenvalue weighted by molar-refractivity contribution is 5.79. The molecule has 2 heterocycles. The normalized spacial score (nSPS) is 22.7. The zero-order chi connectivity index (χ0) is 18.9.